The van der Waals surface area contributed by atoms with Crippen LogP contribution in [0.15, 0.2) is 36.4 Å². The van der Waals surface area contributed by atoms with Crippen molar-refractivity contribution in [2.45, 2.75) is 89.2 Å². The molecule has 3 N–H and O–H groups in total. The molecule has 8 nitrogen and oxygen atoms in total. The maximum atomic E-state index is 13.4. The summed E-state index contributed by atoms with van der Waals surface area (Å²) in [6, 6.07) is 11.0. The molecule has 6 atom stereocenters. The Hall–Kier alpha value is -2.33. The Morgan fingerprint density at radius 2 is 1.91 bits per heavy atom. The van der Waals surface area contributed by atoms with Crippen LogP contribution in [0.4, 0.5) is 5.69 Å². The molecule has 2 aromatic carbocycles. The zero-order valence-electron chi connectivity index (χ0n) is 25.7. The van der Waals surface area contributed by atoms with E-state index in [1.165, 1.54) is 5.56 Å². The standard InChI is InChI=1S/C33H46ClN3O5S/c1-21-15-28(35-4)18-33(3,39)29-12-9-25(29)19-37-14-6-5-7-23-16-27(34)11-8-26(23)20-42-31-13-10-24(17-30(31)37)32(38)36-43(40,41)22(21)2/h8,10-11,13,16-17,21-22,25,28-29,35,39H,5-7,9,12,14-15,18-20H2,1-4H3,(H,36,38)/t21-,22+,25-,28-,29+,33-/m0/s1. The van der Waals surface area contributed by atoms with Crippen LogP contribution in [0.1, 0.15) is 80.8 Å². The van der Waals surface area contributed by atoms with Gasteiger partial charge in [0, 0.05) is 29.7 Å². The van der Waals surface area contributed by atoms with Crippen molar-refractivity contribution in [3.63, 3.8) is 0 Å². The number of hydrogen-bond donors (Lipinski definition) is 3. The van der Waals surface area contributed by atoms with Gasteiger partial charge < -0.3 is 20.1 Å². The highest BCUT2D eigenvalue weighted by Gasteiger charge is 2.45. The highest BCUT2D eigenvalue weighted by Crippen LogP contribution is 2.46. The monoisotopic (exact) mass is 631 g/mol. The molecule has 2 heterocycles. The van der Waals surface area contributed by atoms with Gasteiger partial charge in [-0.05, 0) is 125 Å². The van der Waals surface area contributed by atoms with Crippen molar-refractivity contribution in [1.82, 2.24) is 10.0 Å². The van der Waals surface area contributed by atoms with Gasteiger partial charge in [-0.15, -0.1) is 0 Å². The van der Waals surface area contributed by atoms with E-state index in [2.05, 4.69) is 14.9 Å². The summed E-state index contributed by atoms with van der Waals surface area (Å²) in [5.74, 6) is 0.162. The van der Waals surface area contributed by atoms with Gasteiger partial charge in [0.25, 0.3) is 5.91 Å². The van der Waals surface area contributed by atoms with Gasteiger partial charge >= 0.3 is 0 Å². The molecule has 236 valence electrons. The molecule has 0 radical (unpaired) electrons. The molecule has 0 unspecified atom stereocenters. The van der Waals surface area contributed by atoms with Gasteiger partial charge in [-0.3, -0.25) is 4.79 Å². The van der Waals surface area contributed by atoms with Gasteiger partial charge in [-0.25, -0.2) is 13.1 Å². The number of hydrogen-bond acceptors (Lipinski definition) is 7. The van der Waals surface area contributed by atoms with E-state index in [-0.39, 0.29) is 29.4 Å². The first-order chi connectivity index (χ1) is 20.4. The van der Waals surface area contributed by atoms with Crippen LogP contribution >= 0.6 is 11.6 Å². The van der Waals surface area contributed by atoms with Crippen LogP contribution in [-0.2, 0) is 23.1 Å². The molecule has 5 rings (SSSR count). The molecule has 0 aromatic heterocycles. The maximum absolute atomic E-state index is 13.4. The summed E-state index contributed by atoms with van der Waals surface area (Å²) in [5, 5.41) is 15.0. The third-order valence-electron chi connectivity index (χ3n) is 10.2. The quantitative estimate of drug-likeness (QED) is 0.392. The average Bonchev–Trinajstić information content (AvgIpc) is 2.96. The Morgan fingerprint density at radius 3 is 2.63 bits per heavy atom. The molecule has 1 fully saturated rings. The Kier molecular flexibility index (Phi) is 9.66. The van der Waals surface area contributed by atoms with Crippen molar-refractivity contribution in [2.75, 3.05) is 25.0 Å². The number of aliphatic hydroxyl groups is 1. The minimum Gasteiger partial charge on any atom is -0.487 e. The van der Waals surface area contributed by atoms with Crippen molar-refractivity contribution in [2.24, 2.45) is 17.8 Å². The molecular formula is C33H46ClN3O5S. The minimum absolute atomic E-state index is 0.0620. The Morgan fingerprint density at radius 1 is 1.12 bits per heavy atom. The summed E-state index contributed by atoms with van der Waals surface area (Å²) >= 11 is 6.32. The second-order valence-electron chi connectivity index (χ2n) is 13.2. The molecule has 0 spiro atoms. The summed E-state index contributed by atoms with van der Waals surface area (Å²) in [6.45, 7) is 7.30. The Bertz CT molecular complexity index is 1430. The molecule has 2 bridgehead atoms. The number of benzene rings is 2. The second-order valence-corrected chi connectivity index (χ2v) is 15.6. The highest BCUT2D eigenvalue weighted by molar-refractivity contribution is 7.90. The summed E-state index contributed by atoms with van der Waals surface area (Å²) in [5.41, 5.74) is 2.39. The SMILES string of the molecule is CN[C@H]1C[C@H](C)[C@@H](C)S(=O)(=O)NC(=O)c2ccc3c(c2)N(CCCCc2cc(Cl)ccc2CO3)C[C@@H]2CC[C@H]2[C@@](C)(O)C1. The third-order valence-corrected chi connectivity index (χ3v) is 12.3. The lowest BCUT2D eigenvalue weighted by Crippen LogP contribution is -2.52. The van der Waals surface area contributed by atoms with E-state index in [0.29, 0.717) is 30.2 Å². The smallest absolute Gasteiger partial charge is 0.264 e. The largest absolute Gasteiger partial charge is 0.487 e. The van der Waals surface area contributed by atoms with Crippen LogP contribution in [0.3, 0.4) is 0 Å². The van der Waals surface area contributed by atoms with E-state index in [9.17, 15) is 18.3 Å². The fraction of sp³-hybridized carbons (Fsp3) is 0.606. The predicted octanol–water partition coefficient (Wildman–Crippen LogP) is 5.30. The van der Waals surface area contributed by atoms with Gasteiger partial charge in [-0.1, -0.05) is 24.6 Å². The zero-order chi connectivity index (χ0) is 30.9. The van der Waals surface area contributed by atoms with Crippen molar-refractivity contribution in [3.05, 3.63) is 58.1 Å². The van der Waals surface area contributed by atoms with Crippen molar-refractivity contribution < 1.29 is 23.1 Å². The first-order valence-corrected chi connectivity index (χ1v) is 17.5. The zero-order valence-corrected chi connectivity index (χ0v) is 27.3. The predicted molar refractivity (Wildman–Crippen MR) is 171 cm³/mol. The molecule has 1 amide bonds. The summed E-state index contributed by atoms with van der Waals surface area (Å²) in [4.78, 5) is 15.7. The number of fused-ring (bicyclic) bond motifs is 3. The topological polar surface area (TPSA) is 108 Å². The summed E-state index contributed by atoms with van der Waals surface area (Å²) in [6.07, 6.45) is 5.83. The van der Waals surface area contributed by atoms with Gasteiger partial charge in [-0.2, -0.15) is 0 Å². The number of rotatable bonds is 1. The molecular weight excluding hydrogens is 586 g/mol. The second kappa shape index (κ2) is 13.0. The van der Waals surface area contributed by atoms with Crippen molar-refractivity contribution >= 4 is 33.2 Å². The number of carbonyl (C=O) groups is 1. The molecule has 10 heteroatoms. The fourth-order valence-electron chi connectivity index (χ4n) is 7.15. The lowest BCUT2D eigenvalue weighted by Gasteiger charge is -2.49. The lowest BCUT2D eigenvalue weighted by atomic mass is 9.63. The number of sulfonamides is 1. The van der Waals surface area contributed by atoms with E-state index in [4.69, 9.17) is 16.3 Å². The van der Waals surface area contributed by atoms with Crippen LogP contribution in [0, 0.1) is 17.8 Å². The molecule has 0 saturated heterocycles. The van der Waals surface area contributed by atoms with Gasteiger partial charge in [0.2, 0.25) is 10.0 Å². The molecule has 2 aromatic rings. The fourth-order valence-corrected chi connectivity index (χ4v) is 8.63. The normalized spacial score (nSPS) is 31.7. The average molecular weight is 632 g/mol. The number of halogens is 1. The van der Waals surface area contributed by atoms with Crippen LogP contribution < -0.4 is 19.7 Å². The molecule has 43 heavy (non-hydrogen) atoms. The number of aryl methyl sites for hydroxylation is 1. The van der Waals surface area contributed by atoms with Crippen molar-refractivity contribution in [1.29, 1.82) is 0 Å². The van der Waals surface area contributed by atoms with Gasteiger partial charge in [0.15, 0.2) is 0 Å². The van der Waals surface area contributed by atoms with Crippen LogP contribution in [0.2, 0.25) is 5.02 Å². The highest BCUT2D eigenvalue weighted by atomic mass is 35.5. The number of ether oxygens (including phenoxy) is 1. The summed E-state index contributed by atoms with van der Waals surface area (Å²) < 4.78 is 35.5. The first-order valence-electron chi connectivity index (χ1n) is 15.6. The van der Waals surface area contributed by atoms with Crippen LogP contribution in [0.5, 0.6) is 5.75 Å². The first kappa shape index (κ1) is 32.1. The Labute approximate surface area is 261 Å². The molecule has 3 aliphatic rings. The van der Waals surface area contributed by atoms with E-state index in [0.717, 1.165) is 56.4 Å². The number of carbonyl (C=O) groups excluding carboxylic acids is 1. The molecule has 1 aliphatic carbocycles. The lowest BCUT2D eigenvalue weighted by molar-refractivity contribution is -0.0789. The van der Waals surface area contributed by atoms with Gasteiger partial charge in [0.05, 0.1) is 16.5 Å². The van der Waals surface area contributed by atoms with Gasteiger partial charge in [0.1, 0.15) is 12.4 Å². The van der Waals surface area contributed by atoms with Crippen LogP contribution in [0.25, 0.3) is 0 Å². The summed E-state index contributed by atoms with van der Waals surface area (Å²) in [7, 11) is -2.09. The number of anilines is 1. The molecule has 1 saturated carbocycles. The van der Waals surface area contributed by atoms with E-state index >= 15 is 0 Å². The molecule has 2 aliphatic heterocycles. The minimum atomic E-state index is -3.95. The van der Waals surface area contributed by atoms with E-state index < -0.39 is 26.8 Å². The number of nitrogens with zero attached hydrogens (tertiary/aromatic N) is 1. The number of amides is 1. The maximum Gasteiger partial charge on any atom is 0.264 e. The van der Waals surface area contributed by atoms with E-state index in [1.54, 1.807) is 25.1 Å². The third kappa shape index (κ3) is 7.16. The van der Waals surface area contributed by atoms with Crippen molar-refractivity contribution in [3.8, 4) is 5.75 Å². The van der Waals surface area contributed by atoms with E-state index in [1.807, 2.05) is 39.1 Å². The van der Waals surface area contributed by atoms with Crippen LogP contribution in [-0.4, -0.2) is 56.5 Å². The Balaban J connectivity index is 1.55. The number of nitrogens with one attached hydrogen (secondary N) is 2.